The first-order chi connectivity index (χ1) is 29.6. The van der Waals surface area contributed by atoms with Crippen molar-refractivity contribution in [3.05, 3.63) is 129 Å². The molecule has 4 aromatic carbocycles. The Morgan fingerprint density at radius 1 is 0.968 bits per heavy atom. The van der Waals surface area contributed by atoms with Crippen molar-refractivity contribution in [1.82, 2.24) is 19.3 Å². The fourth-order valence-corrected chi connectivity index (χ4v) is 9.83. The largest absolute Gasteiger partial charge is 0.377 e. The Balaban J connectivity index is 1.02. The second-order valence-electron chi connectivity index (χ2n) is 17.4. The van der Waals surface area contributed by atoms with Gasteiger partial charge in [0.05, 0.1) is 20.9 Å². The van der Waals surface area contributed by atoms with Gasteiger partial charge in [-0.05, 0) is 123 Å². The molecule has 0 bridgehead atoms. The van der Waals surface area contributed by atoms with E-state index in [9.17, 15) is 27.7 Å². The number of amides is 1. The van der Waals surface area contributed by atoms with Crippen LogP contribution >= 0.6 is 11.6 Å². The van der Waals surface area contributed by atoms with Crippen LogP contribution in [-0.2, 0) is 10.0 Å². The lowest BCUT2D eigenvalue weighted by Gasteiger charge is -2.39. The predicted octanol–water partition coefficient (Wildman–Crippen LogP) is 8.59. The molecular formula is C46H51ClFN7O6S. The van der Waals surface area contributed by atoms with Gasteiger partial charge in [0, 0.05) is 73.2 Å². The van der Waals surface area contributed by atoms with Crippen molar-refractivity contribution in [3.63, 3.8) is 0 Å². The number of piperazine rings is 1. The van der Waals surface area contributed by atoms with E-state index >= 15 is 0 Å². The van der Waals surface area contributed by atoms with Crippen LogP contribution in [0.25, 0.3) is 16.5 Å². The Morgan fingerprint density at radius 3 is 2.44 bits per heavy atom. The summed E-state index contributed by atoms with van der Waals surface area (Å²) in [6.07, 6.45) is 6.23. The van der Waals surface area contributed by atoms with Crippen LogP contribution in [0.3, 0.4) is 0 Å². The van der Waals surface area contributed by atoms with Gasteiger partial charge in [0.15, 0.2) is 5.75 Å². The number of piperidine rings is 1. The number of nitrogens with zero attached hydrogens (tertiary/aromatic N) is 5. The molecule has 1 aliphatic carbocycles. The molecule has 2 fully saturated rings. The summed E-state index contributed by atoms with van der Waals surface area (Å²) in [5.41, 5.74) is 5.11. The predicted molar refractivity (Wildman–Crippen MR) is 241 cm³/mol. The summed E-state index contributed by atoms with van der Waals surface area (Å²) in [6.45, 7) is 10.1. The number of nitrogens with one attached hydrogen (secondary N) is 2. The number of halogens is 2. The van der Waals surface area contributed by atoms with Crippen LogP contribution in [0.5, 0.6) is 5.75 Å². The van der Waals surface area contributed by atoms with E-state index in [0.29, 0.717) is 24.0 Å². The zero-order chi connectivity index (χ0) is 43.8. The van der Waals surface area contributed by atoms with Crippen LogP contribution in [0.1, 0.15) is 61.9 Å². The third-order valence-corrected chi connectivity index (χ3v) is 13.9. The minimum Gasteiger partial charge on any atom is -0.377 e. The van der Waals surface area contributed by atoms with Gasteiger partial charge in [-0.25, -0.2) is 17.5 Å². The molecule has 0 unspecified atom stereocenters. The lowest BCUT2D eigenvalue weighted by atomic mass is 9.72. The number of hydrogen-bond acceptors (Lipinski definition) is 10. The molecule has 8 rings (SSSR count). The number of carbonyl (C=O) groups is 1. The standard InChI is InChI=1S/C46H51ClFN7O6S/c1-46(2)19-15-32(39(29-46)31-7-9-33(47)10-8-31)30-52-23-25-53(26-24-52)35-11-13-38(44(27-35)61-54-22-18-37-40(48)5-4-6-42(37)54)45(56)50-62(59,60)36-12-14-41(43(28-36)55(57)58)49-34-16-20-51(3)21-17-34/h4-14,18,22,27-28,34,49H,15-17,19-21,23-26,29-30H2,1-3H3,(H,50,56). The molecule has 13 nitrogen and oxygen atoms in total. The fraction of sp³-hybridized carbons (Fsp3) is 0.370. The van der Waals surface area contributed by atoms with Crippen molar-refractivity contribution in [1.29, 1.82) is 0 Å². The van der Waals surface area contributed by atoms with Gasteiger partial charge in [-0.2, -0.15) is 4.73 Å². The van der Waals surface area contributed by atoms with Gasteiger partial charge in [-0.3, -0.25) is 19.8 Å². The maximum Gasteiger partial charge on any atom is 0.293 e. The average molecular weight is 884 g/mol. The van der Waals surface area contributed by atoms with Crippen LogP contribution in [-0.4, -0.2) is 92.7 Å². The van der Waals surface area contributed by atoms with Crippen molar-refractivity contribution in [2.45, 2.75) is 56.9 Å². The maximum absolute atomic E-state index is 14.7. The van der Waals surface area contributed by atoms with Gasteiger partial charge in [0.1, 0.15) is 11.5 Å². The Kier molecular flexibility index (Phi) is 12.3. The summed E-state index contributed by atoms with van der Waals surface area (Å²) in [7, 11) is -2.58. The normalized spacial score (nSPS) is 17.9. The van der Waals surface area contributed by atoms with Crippen LogP contribution in [0.2, 0.25) is 5.02 Å². The highest BCUT2D eigenvalue weighted by Gasteiger charge is 2.31. The van der Waals surface area contributed by atoms with Crippen molar-refractivity contribution in [2.24, 2.45) is 5.41 Å². The second-order valence-corrected chi connectivity index (χ2v) is 19.5. The van der Waals surface area contributed by atoms with E-state index in [1.807, 2.05) is 19.2 Å². The summed E-state index contributed by atoms with van der Waals surface area (Å²) in [5.74, 6) is -1.42. The first-order valence-electron chi connectivity index (χ1n) is 21.0. The molecule has 0 spiro atoms. The average Bonchev–Trinajstić information content (AvgIpc) is 3.66. The molecule has 3 heterocycles. The number of carbonyl (C=O) groups excluding carboxylic acids is 1. The number of fused-ring (bicyclic) bond motifs is 1. The number of hydrogen-bond donors (Lipinski definition) is 2. The smallest absolute Gasteiger partial charge is 0.293 e. The van der Waals surface area contributed by atoms with E-state index < -0.39 is 37.3 Å². The quantitative estimate of drug-likeness (QED) is 0.0925. The number of aromatic nitrogens is 1. The van der Waals surface area contributed by atoms with E-state index in [-0.39, 0.29) is 28.5 Å². The molecule has 0 atom stereocenters. The van der Waals surface area contributed by atoms with Gasteiger partial charge in [-0.15, -0.1) is 0 Å². The number of anilines is 2. The summed E-state index contributed by atoms with van der Waals surface area (Å²) in [6, 6.07) is 22.7. The number of nitro groups is 1. The molecule has 16 heteroatoms. The van der Waals surface area contributed by atoms with Gasteiger partial charge >= 0.3 is 0 Å². The Bertz CT molecular complexity index is 2640. The van der Waals surface area contributed by atoms with Crippen molar-refractivity contribution < 1.29 is 27.4 Å². The molecule has 62 heavy (non-hydrogen) atoms. The number of likely N-dealkylation sites (tertiary alicyclic amines) is 1. The van der Waals surface area contributed by atoms with Crippen LogP contribution in [0, 0.1) is 21.3 Å². The third-order valence-electron chi connectivity index (χ3n) is 12.4. The number of benzene rings is 4. The van der Waals surface area contributed by atoms with Gasteiger partial charge in [0.2, 0.25) is 0 Å². The minimum absolute atomic E-state index is 0.00719. The van der Waals surface area contributed by atoms with Crippen LogP contribution in [0.4, 0.5) is 21.5 Å². The van der Waals surface area contributed by atoms with E-state index in [4.69, 9.17) is 16.4 Å². The van der Waals surface area contributed by atoms with E-state index in [0.717, 1.165) is 81.6 Å². The van der Waals surface area contributed by atoms with Crippen LogP contribution in [0.15, 0.2) is 102 Å². The fourth-order valence-electron chi connectivity index (χ4n) is 8.72. The van der Waals surface area contributed by atoms with E-state index in [1.54, 1.807) is 30.3 Å². The molecule has 0 radical (unpaired) electrons. The number of allylic oxidation sites excluding steroid dienone is 1. The Labute approximate surface area is 366 Å². The summed E-state index contributed by atoms with van der Waals surface area (Å²) in [4.78, 5) is 38.1. The molecule has 5 aromatic rings. The van der Waals surface area contributed by atoms with Crippen molar-refractivity contribution >= 4 is 61.1 Å². The highest BCUT2D eigenvalue weighted by atomic mass is 35.5. The Hall–Kier alpha value is -5.48. The Morgan fingerprint density at radius 2 is 1.71 bits per heavy atom. The zero-order valence-corrected chi connectivity index (χ0v) is 36.6. The maximum atomic E-state index is 14.7. The van der Waals surface area contributed by atoms with Crippen LogP contribution < -0.4 is 19.8 Å². The lowest BCUT2D eigenvalue weighted by molar-refractivity contribution is -0.384. The molecular weight excluding hydrogens is 833 g/mol. The summed E-state index contributed by atoms with van der Waals surface area (Å²) >= 11 is 6.24. The van der Waals surface area contributed by atoms with Crippen molar-refractivity contribution in [2.75, 3.05) is 63.1 Å². The molecule has 2 N–H and O–H groups in total. The first-order valence-corrected chi connectivity index (χ1v) is 22.8. The zero-order valence-electron chi connectivity index (χ0n) is 35.1. The minimum atomic E-state index is -4.60. The SMILES string of the molecule is CN1CCC(Nc2ccc(S(=O)(=O)NC(=O)c3ccc(N4CCN(CC5=C(c6ccc(Cl)cc6)CC(C)(C)CC5)CC4)cc3On3ccc4c(F)cccc43)cc2[N+](=O)[O-])CC1. The highest BCUT2D eigenvalue weighted by molar-refractivity contribution is 7.90. The molecule has 2 saturated heterocycles. The molecule has 1 amide bonds. The molecule has 0 saturated carbocycles. The van der Waals surface area contributed by atoms with E-state index in [2.05, 4.69) is 50.7 Å². The summed E-state index contributed by atoms with van der Waals surface area (Å²) < 4.78 is 45.6. The number of rotatable bonds is 12. The van der Waals surface area contributed by atoms with Gasteiger partial charge in [-0.1, -0.05) is 49.2 Å². The molecule has 3 aliphatic rings. The number of nitro benzene ring substituents is 1. The van der Waals surface area contributed by atoms with E-state index in [1.165, 1.54) is 51.9 Å². The van der Waals surface area contributed by atoms with Crippen molar-refractivity contribution in [3.8, 4) is 5.75 Å². The third kappa shape index (κ3) is 9.60. The second kappa shape index (κ2) is 17.7. The molecule has 2 aliphatic heterocycles. The first kappa shape index (κ1) is 43.2. The summed E-state index contributed by atoms with van der Waals surface area (Å²) in [5, 5.41) is 16.4. The number of sulfonamides is 1. The lowest BCUT2D eigenvalue weighted by Crippen LogP contribution is -2.47. The highest BCUT2D eigenvalue weighted by Crippen LogP contribution is 2.43. The molecule has 326 valence electrons. The van der Waals surface area contributed by atoms with Gasteiger partial charge < -0.3 is 20.0 Å². The topological polar surface area (TPSA) is 142 Å². The van der Waals surface area contributed by atoms with Gasteiger partial charge in [0.25, 0.3) is 21.6 Å². The molecule has 1 aromatic heterocycles. The monoisotopic (exact) mass is 883 g/mol.